The summed E-state index contributed by atoms with van der Waals surface area (Å²) in [6.07, 6.45) is 3.37. The summed E-state index contributed by atoms with van der Waals surface area (Å²) < 4.78 is 0. The number of anilines is 2. The molecule has 0 aliphatic rings. The van der Waals surface area contributed by atoms with E-state index in [1.165, 1.54) is 0 Å². The van der Waals surface area contributed by atoms with E-state index in [9.17, 15) is 4.79 Å². The number of hydrogen-bond donors (Lipinski definition) is 2. The van der Waals surface area contributed by atoms with Gasteiger partial charge in [0.2, 0.25) is 0 Å². The molecule has 2 rings (SSSR count). The number of nitrogens with zero attached hydrogens (tertiary/aromatic N) is 2. The molecule has 2 aromatic rings. The van der Waals surface area contributed by atoms with Gasteiger partial charge in [-0.2, -0.15) is 0 Å². The largest absolute Gasteiger partial charge is 0.373 e. The summed E-state index contributed by atoms with van der Waals surface area (Å²) in [4.78, 5) is 20.5. The Kier molecular flexibility index (Phi) is 3.75. The summed E-state index contributed by atoms with van der Waals surface area (Å²) >= 11 is 0. The highest BCUT2D eigenvalue weighted by Crippen LogP contribution is 2.15. The molecule has 5 nitrogen and oxygen atoms in total. The molecule has 1 amide bonds. The molecule has 0 aliphatic carbocycles. The molecule has 0 aromatic carbocycles. The highest BCUT2D eigenvalue weighted by atomic mass is 16.1. The fourth-order valence-electron chi connectivity index (χ4n) is 1.74. The zero-order valence-electron chi connectivity index (χ0n) is 11.2. The van der Waals surface area contributed by atoms with Crippen LogP contribution in [-0.4, -0.2) is 22.9 Å². The van der Waals surface area contributed by atoms with Gasteiger partial charge in [-0.05, 0) is 37.6 Å². The van der Waals surface area contributed by atoms with Crippen LogP contribution in [0.5, 0.6) is 0 Å². The number of carbonyl (C=O) groups is 1. The molecule has 19 heavy (non-hydrogen) atoms. The zero-order valence-corrected chi connectivity index (χ0v) is 11.2. The highest BCUT2D eigenvalue weighted by Gasteiger charge is 2.09. The predicted octanol–water partition coefficient (Wildman–Crippen LogP) is 2.39. The summed E-state index contributed by atoms with van der Waals surface area (Å²) in [5, 5.41) is 5.81. The van der Waals surface area contributed by atoms with Gasteiger partial charge >= 0.3 is 0 Å². The average Bonchev–Trinajstić information content (AvgIpc) is 2.40. The van der Waals surface area contributed by atoms with Gasteiger partial charge in [0.15, 0.2) is 0 Å². The number of nitrogens with one attached hydrogen (secondary N) is 2. The SMILES string of the molecule is CNc1cc(C(=O)Nc2ccncc2C)cc(C)n1. The van der Waals surface area contributed by atoms with Crippen molar-refractivity contribution in [3.63, 3.8) is 0 Å². The topological polar surface area (TPSA) is 66.9 Å². The summed E-state index contributed by atoms with van der Waals surface area (Å²) in [5.74, 6) is 0.521. The van der Waals surface area contributed by atoms with Crippen molar-refractivity contribution in [3.8, 4) is 0 Å². The molecule has 2 aromatic heterocycles. The molecule has 5 heteroatoms. The molecule has 0 aliphatic heterocycles. The van der Waals surface area contributed by atoms with Gasteiger partial charge in [0.05, 0.1) is 0 Å². The Balaban J connectivity index is 2.25. The molecule has 0 unspecified atom stereocenters. The van der Waals surface area contributed by atoms with Crippen LogP contribution in [-0.2, 0) is 0 Å². The van der Waals surface area contributed by atoms with Crippen LogP contribution in [0.4, 0.5) is 11.5 Å². The minimum absolute atomic E-state index is 0.156. The summed E-state index contributed by atoms with van der Waals surface area (Å²) in [6.45, 7) is 3.76. The first kappa shape index (κ1) is 13.0. The van der Waals surface area contributed by atoms with Gasteiger partial charge in [0, 0.05) is 36.4 Å². The van der Waals surface area contributed by atoms with Crippen molar-refractivity contribution in [3.05, 3.63) is 47.4 Å². The lowest BCUT2D eigenvalue weighted by Crippen LogP contribution is -2.14. The van der Waals surface area contributed by atoms with Gasteiger partial charge in [0.25, 0.3) is 5.91 Å². The van der Waals surface area contributed by atoms with E-state index in [1.807, 2.05) is 13.8 Å². The second-order valence-corrected chi connectivity index (χ2v) is 4.28. The normalized spacial score (nSPS) is 10.1. The molecule has 0 saturated carbocycles. The fraction of sp³-hybridized carbons (Fsp3) is 0.214. The van der Waals surface area contributed by atoms with Crippen molar-refractivity contribution in [2.75, 3.05) is 17.7 Å². The van der Waals surface area contributed by atoms with Crippen molar-refractivity contribution >= 4 is 17.4 Å². The Morgan fingerprint density at radius 1 is 1.26 bits per heavy atom. The summed E-state index contributed by atoms with van der Waals surface area (Å²) in [5.41, 5.74) is 3.06. The van der Waals surface area contributed by atoms with Crippen molar-refractivity contribution in [2.45, 2.75) is 13.8 Å². The highest BCUT2D eigenvalue weighted by molar-refractivity contribution is 6.05. The zero-order chi connectivity index (χ0) is 13.8. The Labute approximate surface area is 112 Å². The van der Waals surface area contributed by atoms with Crippen LogP contribution in [0.2, 0.25) is 0 Å². The first-order valence-corrected chi connectivity index (χ1v) is 5.98. The number of pyridine rings is 2. The molecule has 2 heterocycles. The van der Waals surface area contributed by atoms with Crippen LogP contribution in [0, 0.1) is 13.8 Å². The van der Waals surface area contributed by atoms with Gasteiger partial charge in [0.1, 0.15) is 5.82 Å². The molecular formula is C14H16N4O. The Morgan fingerprint density at radius 2 is 2.05 bits per heavy atom. The number of carbonyl (C=O) groups excluding carboxylic acids is 1. The third kappa shape index (κ3) is 3.07. The van der Waals surface area contributed by atoms with Gasteiger partial charge in [-0.1, -0.05) is 0 Å². The summed E-state index contributed by atoms with van der Waals surface area (Å²) in [7, 11) is 1.77. The maximum absolute atomic E-state index is 12.2. The lowest BCUT2D eigenvalue weighted by Gasteiger charge is -2.09. The van der Waals surface area contributed by atoms with Crippen LogP contribution in [0.1, 0.15) is 21.6 Å². The first-order valence-electron chi connectivity index (χ1n) is 5.98. The lowest BCUT2D eigenvalue weighted by molar-refractivity contribution is 0.102. The monoisotopic (exact) mass is 256 g/mol. The third-order valence-corrected chi connectivity index (χ3v) is 2.74. The smallest absolute Gasteiger partial charge is 0.255 e. The number of hydrogen-bond acceptors (Lipinski definition) is 4. The van der Waals surface area contributed by atoms with Crippen LogP contribution in [0.3, 0.4) is 0 Å². The van der Waals surface area contributed by atoms with Gasteiger partial charge in [-0.15, -0.1) is 0 Å². The van der Waals surface area contributed by atoms with Crippen LogP contribution in [0.15, 0.2) is 30.6 Å². The van der Waals surface area contributed by atoms with E-state index in [0.29, 0.717) is 11.4 Å². The summed E-state index contributed by atoms with van der Waals surface area (Å²) in [6, 6.07) is 5.26. The third-order valence-electron chi connectivity index (χ3n) is 2.74. The van der Waals surface area contributed by atoms with E-state index in [4.69, 9.17) is 0 Å². The van der Waals surface area contributed by atoms with E-state index in [-0.39, 0.29) is 5.91 Å². The Bertz CT molecular complexity index is 610. The van der Waals surface area contributed by atoms with E-state index >= 15 is 0 Å². The maximum Gasteiger partial charge on any atom is 0.255 e. The van der Waals surface area contributed by atoms with E-state index in [2.05, 4.69) is 20.6 Å². The second-order valence-electron chi connectivity index (χ2n) is 4.28. The Hall–Kier alpha value is -2.43. The van der Waals surface area contributed by atoms with Crippen molar-refractivity contribution < 1.29 is 4.79 Å². The standard InChI is InChI=1S/C14H16N4O/c1-9-8-16-5-4-12(9)18-14(19)11-6-10(2)17-13(7-11)15-3/h4-8H,1-3H3,(H,15,17)(H,16,18,19). The maximum atomic E-state index is 12.2. The molecule has 0 spiro atoms. The number of rotatable bonds is 3. The molecule has 0 bridgehead atoms. The van der Waals surface area contributed by atoms with Crippen LogP contribution in [0.25, 0.3) is 0 Å². The average molecular weight is 256 g/mol. The minimum atomic E-state index is -0.156. The lowest BCUT2D eigenvalue weighted by atomic mass is 10.2. The number of amides is 1. The molecule has 98 valence electrons. The first-order chi connectivity index (χ1) is 9.10. The number of aromatic nitrogens is 2. The van der Waals surface area contributed by atoms with Crippen LogP contribution < -0.4 is 10.6 Å². The molecular weight excluding hydrogens is 240 g/mol. The molecule has 0 saturated heterocycles. The minimum Gasteiger partial charge on any atom is -0.373 e. The molecule has 2 N–H and O–H groups in total. The van der Waals surface area contributed by atoms with Gasteiger partial charge in [-0.25, -0.2) is 4.98 Å². The van der Waals surface area contributed by atoms with Crippen molar-refractivity contribution in [2.24, 2.45) is 0 Å². The van der Waals surface area contributed by atoms with Gasteiger partial charge < -0.3 is 10.6 Å². The van der Waals surface area contributed by atoms with Crippen LogP contribution >= 0.6 is 0 Å². The van der Waals surface area contributed by atoms with Crippen molar-refractivity contribution in [1.82, 2.24) is 9.97 Å². The molecule has 0 atom stereocenters. The van der Waals surface area contributed by atoms with Crippen molar-refractivity contribution in [1.29, 1.82) is 0 Å². The second kappa shape index (κ2) is 5.48. The fourth-order valence-corrected chi connectivity index (χ4v) is 1.74. The molecule has 0 fully saturated rings. The Morgan fingerprint density at radius 3 is 2.74 bits per heavy atom. The number of aryl methyl sites for hydroxylation is 2. The van der Waals surface area contributed by atoms with Gasteiger partial charge in [-0.3, -0.25) is 9.78 Å². The van der Waals surface area contributed by atoms with E-state index < -0.39 is 0 Å². The quantitative estimate of drug-likeness (QED) is 0.884. The van der Waals surface area contributed by atoms with E-state index in [1.54, 1.807) is 37.6 Å². The molecule has 0 radical (unpaired) electrons. The van der Waals surface area contributed by atoms with E-state index in [0.717, 1.165) is 16.9 Å². The predicted molar refractivity (Wildman–Crippen MR) is 75.4 cm³/mol.